The van der Waals surface area contributed by atoms with Gasteiger partial charge in [0.2, 0.25) is 0 Å². The van der Waals surface area contributed by atoms with E-state index < -0.39 is 0 Å². The maximum absolute atomic E-state index is 6.20. The van der Waals surface area contributed by atoms with Gasteiger partial charge in [-0.1, -0.05) is 0 Å². The largest absolute Gasteiger partial charge is 0.383 e. The van der Waals surface area contributed by atoms with Gasteiger partial charge in [0.05, 0.1) is 18.2 Å². The molecule has 1 aliphatic carbocycles. The van der Waals surface area contributed by atoms with Crippen molar-refractivity contribution < 1.29 is 9.47 Å². The molecule has 70 valence electrons. The quantitative estimate of drug-likeness (QED) is 0.673. The molecule has 0 amide bonds. The maximum Gasteiger partial charge on any atom is 0.0806 e. The summed E-state index contributed by atoms with van der Waals surface area (Å²) in [5.41, 5.74) is 6.01. The minimum Gasteiger partial charge on any atom is -0.383 e. The molecule has 2 fully saturated rings. The number of nitrogens with two attached hydrogens (primary N) is 1. The molecule has 2 aliphatic rings. The molecule has 3 heteroatoms. The van der Waals surface area contributed by atoms with E-state index in [0.29, 0.717) is 12.5 Å². The molecule has 0 bridgehead atoms. The number of hydrogen-bond donors (Lipinski definition) is 1. The Morgan fingerprint density at radius 2 is 2.33 bits per heavy atom. The second-order valence-corrected chi connectivity index (χ2v) is 4.04. The van der Waals surface area contributed by atoms with Crippen molar-refractivity contribution in [3.63, 3.8) is 0 Å². The topological polar surface area (TPSA) is 44.5 Å². The van der Waals surface area contributed by atoms with Gasteiger partial charge in [-0.2, -0.15) is 0 Å². The van der Waals surface area contributed by atoms with Crippen molar-refractivity contribution in [3.05, 3.63) is 0 Å². The monoisotopic (exact) mass is 171 g/mol. The van der Waals surface area contributed by atoms with Crippen molar-refractivity contribution in [1.82, 2.24) is 0 Å². The molecule has 1 saturated heterocycles. The summed E-state index contributed by atoms with van der Waals surface area (Å²) < 4.78 is 10.8. The third-order valence-electron chi connectivity index (χ3n) is 2.89. The third-order valence-corrected chi connectivity index (χ3v) is 2.89. The van der Waals surface area contributed by atoms with Crippen molar-refractivity contribution in [3.8, 4) is 0 Å². The first-order valence-corrected chi connectivity index (χ1v) is 4.66. The van der Waals surface area contributed by atoms with Crippen LogP contribution in [0.4, 0.5) is 0 Å². The van der Waals surface area contributed by atoms with Gasteiger partial charge >= 0.3 is 0 Å². The van der Waals surface area contributed by atoms with Crippen LogP contribution in [0.5, 0.6) is 0 Å². The molecule has 0 aromatic carbocycles. The Morgan fingerprint density at radius 1 is 1.58 bits per heavy atom. The first-order valence-electron chi connectivity index (χ1n) is 4.66. The van der Waals surface area contributed by atoms with Crippen LogP contribution in [0, 0.1) is 5.92 Å². The molecular weight excluding hydrogens is 154 g/mol. The SMILES string of the molecule is COCC1(N)CCOC1C1CC1. The van der Waals surface area contributed by atoms with Gasteiger partial charge < -0.3 is 15.2 Å². The van der Waals surface area contributed by atoms with E-state index in [2.05, 4.69) is 0 Å². The van der Waals surface area contributed by atoms with E-state index in [4.69, 9.17) is 15.2 Å². The van der Waals surface area contributed by atoms with Crippen LogP contribution >= 0.6 is 0 Å². The first-order chi connectivity index (χ1) is 5.76. The van der Waals surface area contributed by atoms with Gasteiger partial charge in [0, 0.05) is 13.7 Å². The summed E-state index contributed by atoms with van der Waals surface area (Å²) in [5.74, 6) is 0.715. The van der Waals surface area contributed by atoms with E-state index in [1.165, 1.54) is 12.8 Å². The summed E-state index contributed by atoms with van der Waals surface area (Å²) in [6, 6.07) is 0. The molecular formula is C9H17NO2. The molecule has 3 nitrogen and oxygen atoms in total. The molecule has 2 rings (SSSR count). The fourth-order valence-electron chi connectivity index (χ4n) is 2.11. The molecule has 0 radical (unpaired) electrons. The average molecular weight is 171 g/mol. The highest BCUT2D eigenvalue weighted by Crippen LogP contribution is 2.42. The van der Waals surface area contributed by atoms with Crippen LogP contribution in [-0.4, -0.2) is 32.0 Å². The van der Waals surface area contributed by atoms with Crippen LogP contribution in [0.2, 0.25) is 0 Å². The maximum atomic E-state index is 6.20. The number of hydrogen-bond acceptors (Lipinski definition) is 3. The van der Waals surface area contributed by atoms with Gasteiger partial charge in [0.25, 0.3) is 0 Å². The van der Waals surface area contributed by atoms with Crippen LogP contribution in [0.1, 0.15) is 19.3 Å². The standard InChI is InChI=1S/C9H17NO2/c1-11-6-9(10)4-5-12-8(9)7-2-3-7/h7-8H,2-6,10H2,1H3. The highest BCUT2D eigenvalue weighted by molar-refractivity contribution is 5.03. The van der Waals surface area contributed by atoms with E-state index in [-0.39, 0.29) is 11.6 Å². The normalized spacial score (nSPS) is 42.0. The lowest BCUT2D eigenvalue weighted by Crippen LogP contribution is -2.52. The third kappa shape index (κ3) is 1.37. The summed E-state index contributed by atoms with van der Waals surface area (Å²) in [6.45, 7) is 1.44. The Morgan fingerprint density at radius 3 is 2.92 bits per heavy atom. The summed E-state index contributed by atoms with van der Waals surface area (Å²) in [6.07, 6.45) is 3.78. The summed E-state index contributed by atoms with van der Waals surface area (Å²) in [5, 5.41) is 0. The second-order valence-electron chi connectivity index (χ2n) is 4.04. The van der Waals surface area contributed by atoms with Gasteiger partial charge in [-0.25, -0.2) is 0 Å². The van der Waals surface area contributed by atoms with Crippen molar-refractivity contribution in [2.75, 3.05) is 20.3 Å². The lowest BCUT2D eigenvalue weighted by Gasteiger charge is -2.28. The fraction of sp³-hybridized carbons (Fsp3) is 1.00. The fourth-order valence-corrected chi connectivity index (χ4v) is 2.11. The Kier molecular flexibility index (Phi) is 2.10. The minimum absolute atomic E-state index is 0.198. The average Bonchev–Trinajstić information content (AvgIpc) is 2.77. The van der Waals surface area contributed by atoms with Gasteiger partial charge in [-0.05, 0) is 25.2 Å². The predicted octanol–water partition coefficient (Wildman–Crippen LogP) is 0.529. The van der Waals surface area contributed by atoms with Gasteiger partial charge in [-0.3, -0.25) is 0 Å². The van der Waals surface area contributed by atoms with Gasteiger partial charge in [0.1, 0.15) is 0 Å². The van der Waals surface area contributed by atoms with E-state index >= 15 is 0 Å². The zero-order valence-corrected chi connectivity index (χ0v) is 7.58. The molecule has 0 spiro atoms. The molecule has 2 N–H and O–H groups in total. The minimum atomic E-state index is -0.198. The zero-order valence-electron chi connectivity index (χ0n) is 7.58. The van der Waals surface area contributed by atoms with Gasteiger partial charge in [0.15, 0.2) is 0 Å². The highest BCUT2D eigenvalue weighted by Gasteiger charge is 2.48. The summed E-state index contributed by atoms with van der Waals surface area (Å²) in [7, 11) is 1.71. The Bertz CT molecular complexity index is 170. The smallest absolute Gasteiger partial charge is 0.0806 e. The number of ether oxygens (including phenoxy) is 2. The molecule has 2 unspecified atom stereocenters. The van der Waals surface area contributed by atoms with E-state index in [1.54, 1.807) is 7.11 Å². The summed E-state index contributed by atoms with van der Waals surface area (Å²) >= 11 is 0. The van der Waals surface area contributed by atoms with Crippen molar-refractivity contribution in [1.29, 1.82) is 0 Å². The second kappa shape index (κ2) is 2.98. The molecule has 1 aliphatic heterocycles. The molecule has 12 heavy (non-hydrogen) atoms. The van der Waals surface area contributed by atoms with Crippen molar-refractivity contribution in [2.24, 2.45) is 11.7 Å². The lowest BCUT2D eigenvalue weighted by molar-refractivity contribution is 0.0307. The van der Waals surface area contributed by atoms with E-state index in [0.717, 1.165) is 13.0 Å². The lowest BCUT2D eigenvalue weighted by atomic mass is 9.90. The van der Waals surface area contributed by atoms with Gasteiger partial charge in [-0.15, -0.1) is 0 Å². The molecule has 0 aromatic heterocycles. The predicted molar refractivity (Wildman–Crippen MR) is 45.9 cm³/mol. The molecule has 0 aromatic rings. The van der Waals surface area contributed by atoms with Crippen LogP contribution < -0.4 is 5.73 Å². The zero-order chi connectivity index (χ0) is 8.60. The first kappa shape index (κ1) is 8.48. The van der Waals surface area contributed by atoms with E-state index in [9.17, 15) is 0 Å². The molecule has 1 heterocycles. The van der Waals surface area contributed by atoms with Crippen LogP contribution in [0.25, 0.3) is 0 Å². The van der Waals surface area contributed by atoms with Crippen LogP contribution in [0.15, 0.2) is 0 Å². The van der Waals surface area contributed by atoms with Crippen LogP contribution in [-0.2, 0) is 9.47 Å². The Balaban J connectivity index is 2.00. The highest BCUT2D eigenvalue weighted by atomic mass is 16.5. The van der Waals surface area contributed by atoms with Crippen molar-refractivity contribution >= 4 is 0 Å². The van der Waals surface area contributed by atoms with E-state index in [1.807, 2.05) is 0 Å². The molecule has 2 atom stereocenters. The Labute approximate surface area is 73.2 Å². The number of rotatable bonds is 3. The van der Waals surface area contributed by atoms with Crippen molar-refractivity contribution in [2.45, 2.75) is 30.9 Å². The van der Waals surface area contributed by atoms with Crippen LogP contribution in [0.3, 0.4) is 0 Å². The molecule has 1 saturated carbocycles. The Hall–Kier alpha value is -0.120. The summed E-state index contributed by atoms with van der Waals surface area (Å²) in [4.78, 5) is 0. The number of methoxy groups -OCH3 is 1.